The molecule has 0 atom stereocenters. The molecule has 2 nitrogen and oxygen atoms in total. The fourth-order valence-electron chi connectivity index (χ4n) is 5.07. The Bertz CT molecular complexity index is 1640. The molecule has 176 valence electrons. The predicted molar refractivity (Wildman–Crippen MR) is 153 cm³/mol. The van der Waals surface area contributed by atoms with E-state index >= 15 is 0 Å². The van der Waals surface area contributed by atoms with Crippen molar-refractivity contribution in [3.05, 3.63) is 121 Å². The van der Waals surface area contributed by atoms with Crippen molar-refractivity contribution in [3.8, 4) is 22.3 Å². The molecule has 5 aromatic carbocycles. The van der Waals surface area contributed by atoms with Gasteiger partial charge in [0.05, 0.1) is 0 Å². The van der Waals surface area contributed by atoms with Crippen LogP contribution in [-0.2, 0) is 0 Å². The van der Waals surface area contributed by atoms with E-state index in [2.05, 4.69) is 141 Å². The fraction of sp³-hybridized carbons (Fsp3) is 0.118. The number of benzene rings is 5. The average molecular weight is 468 g/mol. The molecular weight excluding hydrogens is 438 g/mol. The minimum atomic E-state index is -0.117. The van der Waals surface area contributed by atoms with Crippen molar-refractivity contribution in [3.63, 3.8) is 0 Å². The molecule has 0 spiro atoms. The number of hydrogen-bond donors (Lipinski definition) is 0. The molecule has 1 aromatic heterocycles. The van der Waals surface area contributed by atoms with Crippen LogP contribution < -0.4 is 4.90 Å². The van der Waals surface area contributed by atoms with Gasteiger partial charge in [-0.1, -0.05) is 78.9 Å². The Hall–Kier alpha value is -4.30. The van der Waals surface area contributed by atoms with Crippen LogP contribution in [-0.4, -0.2) is 5.54 Å². The maximum absolute atomic E-state index is 6.40. The molecule has 2 heteroatoms. The van der Waals surface area contributed by atoms with Crippen LogP contribution in [0.5, 0.6) is 0 Å². The van der Waals surface area contributed by atoms with E-state index in [1.165, 1.54) is 16.7 Å². The normalized spacial score (nSPS) is 11.8. The van der Waals surface area contributed by atoms with Crippen molar-refractivity contribution in [1.82, 2.24) is 0 Å². The minimum Gasteiger partial charge on any atom is -0.456 e. The summed E-state index contributed by atoms with van der Waals surface area (Å²) in [4.78, 5) is 2.38. The molecule has 0 unspecified atom stereocenters. The molecule has 0 aliphatic rings. The summed E-state index contributed by atoms with van der Waals surface area (Å²) in [6, 6.07) is 42.8. The van der Waals surface area contributed by atoms with Gasteiger partial charge in [-0.15, -0.1) is 0 Å². The Kier molecular flexibility index (Phi) is 5.38. The zero-order chi connectivity index (χ0) is 24.7. The molecule has 0 aliphatic heterocycles. The predicted octanol–water partition coefficient (Wildman–Crippen LogP) is 9.86. The maximum atomic E-state index is 6.40. The van der Waals surface area contributed by atoms with Crippen LogP contribution in [0, 0.1) is 0 Å². The highest BCUT2D eigenvalue weighted by Gasteiger charge is 2.24. The lowest BCUT2D eigenvalue weighted by Gasteiger charge is -2.38. The second-order valence-electron chi connectivity index (χ2n) is 10.3. The van der Waals surface area contributed by atoms with Crippen LogP contribution in [0.3, 0.4) is 0 Å². The van der Waals surface area contributed by atoms with E-state index in [0.717, 1.165) is 38.9 Å². The lowest BCUT2D eigenvalue weighted by Crippen LogP contribution is -2.37. The summed E-state index contributed by atoms with van der Waals surface area (Å²) in [5.74, 6) is 0. The Balaban J connectivity index is 1.41. The van der Waals surface area contributed by atoms with Crippen molar-refractivity contribution in [2.24, 2.45) is 0 Å². The van der Waals surface area contributed by atoms with Gasteiger partial charge in [0.25, 0.3) is 0 Å². The van der Waals surface area contributed by atoms with E-state index in [-0.39, 0.29) is 5.54 Å². The maximum Gasteiger partial charge on any atom is 0.137 e. The topological polar surface area (TPSA) is 16.4 Å². The first-order valence-corrected chi connectivity index (χ1v) is 12.4. The van der Waals surface area contributed by atoms with Gasteiger partial charge in [-0.05, 0) is 79.4 Å². The molecule has 0 bridgehead atoms. The van der Waals surface area contributed by atoms with E-state index in [0.29, 0.717) is 0 Å². The van der Waals surface area contributed by atoms with E-state index in [9.17, 15) is 0 Å². The quantitative estimate of drug-likeness (QED) is 0.256. The summed E-state index contributed by atoms with van der Waals surface area (Å²) in [6.07, 6.45) is 0. The Morgan fingerprint density at radius 3 is 1.56 bits per heavy atom. The largest absolute Gasteiger partial charge is 0.456 e. The molecule has 6 rings (SSSR count). The van der Waals surface area contributed by atoms with Gasteiger partial charge in [0.2, 0.25) is 0 Å². The third-order valence-electron chi connectivity index (χ3n) is 6.73. The van der Waals surface area contributed by atoms with Crippen LogP contribution in [0.25, 0.3) is 44.2 Å². The van der Waals surface area contributed by atoms with Gasteiger partial charge in [-0.3, -0.25) is 0 Å². The highest BCUT2D eigenvalue weighted by atomic mass is 16.3. The van der Waals surface area contributed by atoms with Gasteiger partial charge in [-0.25, -0.2) is 0 Å². The van der Waals surface area contributed by atoms with Crippen molar-refractivity contribution < 1.29 is 4.42 Å². The molecule has 0 amide bonds. The molecule has 0 radical (unpaired) electrons. The van der Waals surface area contributed by atoms with Gasteiger partial charge >= 0.3 is 0 Å². The molecule has 0 saturated heterocycles. The first-order valence-electron chi connectivity index (χ1n) is 12.4. The second kappa shape index (κ2) is 8.73. The summed E-state index contributed by atoms with van der Waals surface area (Å²) in [5, 5.41) is 2.28. The van der Waals surface area contributed by atoms with E-state index in [4.69, 9.17) is 4.42 Å². The molecule has 36 heavy (non-hydrogen) atoms. The molecular formula is C34H29NO. The summed E-state index contributed by atoms with van der Waals surface area (Å²) < 4.78 is 6.40. The zero-order valence-corrected chi connectivity index (χ0v) is 20.9. The zero-order valence-electron chi connectivity index (χ0n) is 20.9. The first-order chi connectivity index (χ1) is 17.5. The smallest absolute Gasteiger partial charge is 0.137 e. The highest BCUT2D eigenvalue weighted by molar-refractivity contribution is 6.07. The number of furan rings is 1. The van der Waals surface area contributed by atoms with E-state index < -0.39 is 0 Å². The number of rotatable bonds is 4. The van der Waals surface area contributed by atoms with Gasteiger partial charge in [0, 0.05) is 33.8 Å². The van der Waals surface area contributed by atoms with Gasteiger partial charge < -0.3 is 9.32 Å². The summed E-state index contributed by atoms with van der Waals surface area (Å²) in [7, 11) is 0. The summed E-state index contributed by atoms with van der Waals surface area (Å²) in [6.45, 7) is 6.73. The third-order valence-corrected chi connectivity index (χ3v) is 6.73. The second-order valence-corrected chi connectivity index (χ2v) is 10.3. The van der Waals surface area contributed by atoms with Gasteiger partial charge in [0.1, 0.15) is 11.2 Å². The van der Waals surface area contributed by atoms with Crippen molar-refractivity contribution in [2.45, 2.75) is 26.3 Å². The summed E-state index contributed by atoms with van der Waals surface area (Å²) in [5.41, 5.74) is 8.78. The van der Waals surface area contributed by atoms with E-state index in [1.54, 1.807) is 0 Å². The van der Waals surface area contributed by atoms with Crippen molar-refractivity contribution in [1.29, 1.82) is 0 Å². The number of anilines is 2. The number of nitrogens with zero attached hydrogens (tertiary/aromatic N) is 1. The van der Waals surface area contributed by atoms with E-state index in [1.807, 2.05) is 6.07 Å². The van der Waals surface area contributed by atoms with Crippen molar-refractivity contribution >= 4 is 33.3 Å². The van der Waals surface area contributed by atoms with Crippen molar-refractivity contribution in [2.75, 3.05) is 4.90 Å². The van der Waals surface area contributed by atoms with Crippen LogP contribution in [0.15, 0.2) is 126 Å². The standard InChI is InChI=1S/C34H29NO/c1-34(2,3)35(28-17-14-26(15-18-28)24-10-6-4-7-11-24)29-19-21-31-30-20-16-27(25-12-8-5-9-13-25)22-32(30)36-33(31)23-29/h4-23H,1-3H3. The third kappa shape index (κ3) is 4.05. The molecule has 0 N–H and O–H groups in total. The first kappa shape index (κ1) is 22.2. The lowest BCUT2D eigenvalue weighted by atomic mass is 10.0. The minimum absolute atomic E-state index is 0.117. The average Bonchev–Trinajstić information content (AvgIpc) is 3.26. The molecule has 0 saturated carbocycles. The SMILES string of the molecule is CC(C)(C)N(c1ccc(-c2ccccc2)cc1)c1ccc2c(c1)oc1cc(-c3ccccc3)ccc12. The molecule has 0 fully saturated rings. The highest BCUT2D eigenvalue weighted by Crippen LogP contribution is 2.39. The molecule has 0 aliphatic carbocycles. The Labute approximate surface area is 212 Å². The lowest BCUT2D eigenvalue weighted by molar-refractivity contribution is 0.560. The monoisotopic (exact) mass is 467 g/mol. The van der Waals surface area contributed by atoms with Crippen LogP contribution in [0.2, 0.25) is 0 Å². The molecule has 1 heterocycles. The Morgan fingerprint density at radius 1 is 0.472 bits per heavy atom. The van der Waals surface area contributed by atoms with Gasteiger partial charge in [0.15, 0.2) is 0 Å². The van der Waals surface area contributed by atoms with Crippen LogP contribution in [0.4, 0.5) is 11.4 Å². The fourth-order valence-corrected chi connectivity index (χ4v) is 5.07. The number of fused-ring (bicyclic) bond motifs is 3. The van der Waals surface area contributed by atoms with Crippen LogP contribution >= 0.6 is 0 Å². The Morgan fingerprint density at radius 2 is 0.944 bits per heavy atom. The molecule has 6 aromatic rings. The van der Waals surface area contributed by atoms with Gasteiger partial charge in [-0.2, -0.15) is 0 Å². The summed E-state index contributed by atoms with van der Waals surface area (Å²) >= 11 is 0. The number of hydrogen-bond acceptors (Lipinski definition) is 2. The van der Waals surface area contributed by atoms with Crippen LogP contribution in [0.1, 0.15) is 20.8 Å².